The SMILES string of the molecule is Cc1ccc(S(=O)(=O)N2CCCCC2C(=O)NNC(=O)c2ccc(F)cc2)cc1. The molecular weight excluding hydrogens is 397 g/mol. The molecule has 1 unspecified atom stereocenters. The Bertz CT molecular complexity index is 991. The number of amides is 2. The Labute approximate surface area is 168 Å². The number of benzene rings is 2. The Kier molecular flexibility index (Phi) is 6.29. The summed E-state index contributed by atoms with van der Waals surface area (Å²) in [5.41, 5.74) is 5.64. The van der Waals surface area contributed by atoms with Crippen molar-refractivity contribution in [3.8, 4) is 0 Å². The summed E-state index contributed by atoms with van der Waals surface area (Å²) in [6.45, 7) is 2.08. The molecule has 154 valence electrons. The highest BCUT2D eigenvalue weighted by Crippen LogP contribution is 2.25. The second kappa shape index (κ2) is 8.71. The average Bonchev–Trinajstić information content (AvgIpc) is 2.72. The summed E-state index contributed by atoms with van der Waals surface area (Å²) < 4.78 is 40.2. The van der Waals surface area contributed by atoms with E-state index in [-0.39, 0.29) is 17.0 Å². The lowest BCUT2D eigenvalue weighted by molar-refractivity contribution is -0.126. The van der Waals surface area contributed by atoms with Crippen molar-refractivity contribution in [3.63, 3.8) is 0 Å². The van der Waals surface area contributed by atoms with Crippen LogP contribution in [0, 0.1) is 12.7 Å². The van der Waals surface area contributed by atoms with Crippen molar-refractivity contribution in [3.05, 3.63) is 65.5 Å². The van der Waals surface area contributed by atoms with Crippen LogP contribution in [0.2, 0.25) is 0 Å². The average molecular weight is 419 g/mol. The number of nitrogens with one attached hydrogen (secondary N) is 2. The van der Waals surface area contributed by atoms with Gasteiger partial charge < -0.3 is 0 Å². The minimum atomic E-state index is -3.85. The molecule has 0 radical (unpaired) electrons. The van der Waals surface area contributed by atoms with Crippen LogP contribution in [0.4, 0.5) is 4.39 Å². The summed E-state index contributed by atoms with van der Waals surface area (Å²) in [6, 6.07) is 10.3. The van der Waals surface area contributed by atoms with Gasteiger partial charge in [-0.05, 0) is 56.2 Å². The van der Waals surface area contributed by atoms with E-state index >= 15 is 0 Å². The van der Waals surface area contributed by atoms with Crippen molar-refractivity contribution in [1.82, 2.24) is 15.2 Å². The molecule has 0 bridgehead atoms. The molecule has 1 aliphatic rings. The molecular formula is C20H22FN3O4S. The predicted molar refractivity (Wildman–Crippen MR) is 105 cm³/mol. The van der Waals surface area contributed by atoms with Gasteiger partial charge in [-0.3, -0.25) is 20.4 Å². The number of carbonyl (C=O) groups is 2. The van der Waals surface area contributed by atoms with Crippen LogP contribution in [0.1, 0.15) is 35.2 Å². The summed E-state index contributed by atoms with van der Waals surface area (Å²) in [6.07, 6.45) is 1.70. The Morgan fingerprint density at radius 3 is 2.31 bits per heavy atom. The largest absolute Gasteiger partial charge is 0.271 e. The minimum absolute atomic E-state index is 0.123. The van der Waals surface area contributed by atoms with Gasteiger partial charge >= 0.3 is 0 Å². The second-order valence-corrected chi connectivity index (χ2v) is 8.78. The number of rotatable bonds is 4. The van der Waals surface area contributed by atoms with E-state index in [4.69, 9.17) is 0 Å². The monoisotopic (exact) mass is 419 g/mol. The van der Waals surface area contributed by atoms with E-state index in [9.17, 15) is 22.4 Å². The summed E-state index contributed by atoms with van der Waals surface area (Å²) >= 11 is 0. The number of hydrazine groups is 1. The van der Waals surface area contributed by atoms with Gasteiger partial charge in [-0.25, -0.2) is 12.8 Å². The van der Waals surface area contributed by atoms with Crippen LogP contribution in [0.5, 0.6) is 0 Å². The smallest absolute Gasteiger partial charge is 0.269 e. The summed E-state index contributed by atoms with van der Waals surface area (Å²) in [7, 11) is -3.85. The molecule has 9 heteroatoms. The number of halogens is 1. The van der Waals surface area contributed by atoms with Crippen molar-refractivity contribution in [2.45, 2.75) is 37.1 Å². The van der Waals surface area contributed by atoms with E-state index in [0.717, 1.165) is 17.7 Å². The lowest BCUT2D eigenvalue weighted by atomic mass is 10.0. The first-order valence-corrected chi connectivity index (χ1v) is 10.7. The summed E-state index contributed by atoms with van der Waals surface area (Å²) in [5.74, 6) is -1.72. The highest BCUT2D eigenvalue weighted by Gasteiger charge is 2.37. The second-order valence-electron chi connectivity index (χ2n) is 6.89. The maximum absolute atomic E-state index is 13.0. The number of carbonyl (C=O) groups excluding carboxylic acids is 2. The van der Waals surface area contributed by atoms with Crippen molar-refractivity contribution in [2.24, 2.45) is 0 Å². The van der Waals surface area contributed by atoms with E-state index in [2.05, 4.69) is 10.9 Å². The molecule has 2 amide bonds. The van der Waals surface area contributed by atoms with Gasteiger partial charge in [0.25, 0.3) is 11.8 Å². The first kappa shape index (κ1) is 20.9. The van der Waals surface area contributed by atoms with Crippen LogP contribution >= 0.6 is 0 Å². The molecule has 0 saturated carbocycles. The predicted octanol–water partition coefficient (Wildman–Crippen LogP) is 2.14. The minimum Gasteiger partial charge on any atom is -0.271 e. The van der Waals surface area contributed by atoms with Crippen molar-refractivity contribution in [2.75, 3.05) is 6.54 Å². The first-order valence-electron chi connectivity index (χ1n) is 9.23. The van der Waals surface area contributed by atoms with Gasteiger partial charge in [-0.2, -0.15) is 4.31 Å². The zero-order chi connectivity index (χ0) is 21.0. The molecule has 0 spiro atoms. The van der Waals surface area contributed by atoms with Crippen LogP contribution in [-0.4, -0.2) is 37.1 Å². The molecule has 1 aliphatic heterocycles. The van der Waals surface area contributed by atoms with Gasteiger partial charge in [0.05, 0.1) is 4.90 Å². The highest BCUT2D eigenvalue weighted by molar-refractivity contribution is 7.89. The number of sulfonamides is 1. The van der Waals surface area contributed by atoms with Crippen LogP contribution in [0.25, 0.3) is 0 Å². The summed E-state index contributed by atoms with van der Waals surface area (Å²) in [4.78, 5) is 24.9. The molecule has 1 saturated heterocycles. The molecule has 29 heavy (non-hydrogen) atoms. The standard InChI is InChI=1S/C20H22FN3O4S/c1-14-5-11-17(12-6-14)29(27,28)24-13-3-2-4-18(24)20(26)23-22-19(25)15-7-9-16(21)10-8-15/h5-12,18H,2-4,13H2,1H3,(H,22,25)(H,23,26). The first-order chi connectivity index (χ1) is 13.8. The lowest BCUT2D eigenvalue weighted by Gasteiger charge is -2.33. The fraction of sp³-hybridized carbons (Fsp3) is 0.300. The zero-order valence-electron chi connectivity index (χ0n) is 15.9. The molecule has 1 fully saturated rings. The Morgan fingerprint density at radius 2 is 1.66 bits per heavy atom. The van der Waals surface area contributed by atoms with Crippen LogP contribution in [-0.2, 0) is 14.8 Å². The van der Waals surface area contributed by atoms with E-state index in [1.165, 1.54) is 28.6 Å². The third-order valence-corrected chi connectivity index (χ3v) is 6.71. The van der Waals surface area contributed by atoms with Crippen molar-refractivity contribution >= 4 is 21.8 Å². The third-order valence-electron chi connectivity index (χ3n) is 4.79. The summed E-state index contributed by atoms with van der Waals surface area (Å²) in [5, 5.41) is 0. The molecule has 1 heterocycles. The quantitative estimate of drug-likeness (QED) is 0.743. The molecule has 2 aromatic rings. The van der Waals surface area contributed by atoms with E-state index < -0.39 is 33.7 Å². The highest BCUT2D eigenvalue weighted by atomic mass is 32.2. The Hall–Kier alpha value is -2.78. The van der Waals surface area contributed by atoms with Crippen molar-refractivity contribution in [1.29, 1.82) is 0 Å². The number of hydrogen-bond acceptors (Lipinski definition) is 4. The number of nitrogens with zero attached hydrogens (tertiary/aromatic N) is 1. The van der Waals surface area contributed by atoms with E-state index in [0.29, 0.717) is 19.3 Å². The van der Waals surface area contributed by atoms with Gasteiger partial charge in [-0.1, -0.05) is 24.1 Å². The van der Waals surface area contributed by atoms with Crippen LogP contribution in [0.15, 0.2) is 53.4 Å². The van der Waals surface area contributed by atoms with Crippen molar-refractivity contribution < 1.29 is 22.4 Å². The molecule has 7 nitrogen and oxygen atoms in total. The maximum Gasteiger partial charge on any atom is 0.269 e. The molecule has 2 aromatic carbocycles. The third kappa shape index (κ3) is 4.80. The van der Waals surface area contributed by atoms with Gasteiger partial charge in [0.1, 0.15) is 11.9 Å². The molecule has 3 rings (SSSR count). The number of hydrogen-bond donors (Lipinski definition) is 2. The number of aryl methyl sites for hydroxylation is 1. The van der Waals surface area contributed by atoms with Gasteiger partial charge in [-0.15, -0.1) is 0 Å². The molecule has 0 aliphatic carbocycles. The van der Waals surface area contributed by atoms with E-state index in [1.54, 1.807) is 12.1 Å². The van der Waals surface area contributed by atoms with Gasteiger partial charge in [0.2, 0.25) is 10.0 Å². The molecule has 0 aromatic heterocycles. The lowest BCUT2D eigenvalue weighted by Crippen LogP contribution is -2.55. The molecule has 2 N–H and O–H groups in total. The topological polar surface area (TPSA) is 95.6 Å². The Balaban J connectivity index is 1.71. The fourth-order valence-corrected chi connectivity index (χ4v) is 4.83. The zero-order valence-corrected chi connectivity index (χ0v) is 16.7. The van der Waals surface area contributed by atoms with E-state index in [1.807, 2.05) is 6.92 Å². The van der Waals surface area contributed by atoms with Gasteiger partial charge in [0, 0.05) is 12.1 Å². The Morgan fingerprint density at radius 1 is 1.00 bits per heavy atom. The van der Waals surface area contributed by atoms with Crippen LogP contribution in [0.3, 0.4) is 0 Å². The molecule has 1 atom stereocenters. The number of piperidine rings is 1. The van der Waals surface area contributed by atoms with Crippen LogP contribution < -0.4 is 10.9 Å². The maximum atomic E-state index is 13.0. The fourth-order valence-electron chi connectivity index (χ4n) is 3.18. The normalized spacial score (nSPS) is 17.5. The van der Waals surface area contributed by atoms with Gasteiger partial charge in [0.15, 0.2) is 0 Å².